The zero-order valence-corrected chi connectivity index (χ0v) is 14.1. The number of benzene rings is 2. The third kappa shape index (κ3) is 4.09. The number of nitrogens with one attached hydrogen (secondary N) is 2. The van der Waals surface area contributed by atoms with Crippen molar-refractivity contribution in [3.8, 4) is 5.75 Å². The van der Waals surface area contributed by atoms with Crippen LogP contribution in [0.3, 0.4) is 0 Å². The highest BCUT2D eigenvalue weighted by atomic mass is 35.5. The maximum Gasteiger partial charge on any atom is 0.228 e. The van der Waals surface area contributed by atoms with Crippen LogP contribution in [-0.4, -0.2) is 18.9 Å². The molecule has 130 valence electrons. The summed E-state index contributed by atoms with van der Waals surface area (Å²) in [4.78, 5) is 24.4. The lowest BCUT2D eigenvalue weighted by Crippen LogP contribution is -2.20. The van der Waals surface area contributed by atoms with Crippen molar-refractivity contribution in [2.75, 3.05) is 17.7 Å². The zero-order valence-electron chi connectivity index (χ0n) is 13.4. The molecule has 1 aliphatic rings. The molecule has 2 unspecified atom stereocenters. The minimum Gasteiger partial charge on any atom is -0.495 e. The molecule has 5 nitrogen and oxygen atoms in total. The van der Waals surface area contributed by atoms with Gasteiger partial charge >= 0.3 is 0 Å². The van der Waals surface area contributed by atoms with Gasteiger partial charge in [0.2, 0.25) is 11.8 Å². The fraction of sp³-hybridized carbons (Fsp3) is 0.222. The lowest BCUT2D eigenvalue weighted by Gasteiger charge is -2.08. The van der Waals surface area contributed by atoms with Gasteiger partial charge in [-0.25, -0.2) is 4.39 Å². The highest BCUT2D eigenvalue weighted by Gasteiger charge is 2.48. The smallest absolute Gasteiger partial charge is 0.228 e. The molecule has 0 radical (unpaired) electrons. The van der Waals surface area contributed by atoms with Gasteiger partial charge in [0.25, 0.3) is 0 Å². The van der Waals surface area contributed by atoms with Gasteiger partial charge in [0.1, 0.15) is 11.6 Å². The van der Waals surface area contributed by atoms with Gasteiger partial charge in [-0.15, -0.1) is 0 Å². The fourth-order valence-corrected chi connectivity index (χ4v) is 2.81. The topological polar surface area (TPSA) is 67.4 Å². The molecule has 2 aromatic carbocycles. The van der Waals surface area contributed by atoms with Crippen molar-refractivity contribution in [1.29, 1.82) is 0 Å². The van der Waals surface area contributed by atoms with E-state index in [4.69, 9.17) is 16.3 Å². The Balaban J connectivity index is 1.56. The first-order valence-electron chi connectivity index (χ1n) is 7.69. The van der Waals surface area contributed by atoms with Crippen LogP contribution in [0.5, 0.6) is 5.75 Å². The Bertz CT molecular complexity index is 828. The lowest BCUT2D eigenvalue weighted by atomic mass is 10.2. The van der Waals surface area contributed by atoms with Crippen molar-refractivity contribution >= 4 is 34.8 Å². The van der Waals surface area contributed by atoms with Gasteiger partial charge in [-0.2, -0.15) is 0 Å². The Morgan fingerprint density at radius 3 is 2.28 bits per heavy atom. The predicted molar refractivity (Wildman–Crippen MR) is 93.3 cm³/mol. The van der Waals surface area contributed by atoms with E-state index >= 15 is 0 Å². The predicted octanol–water partition coefficient (Wildman–Crippen LogP) is 3.70. The summed E-state index contributed by atoms with van der Waals surface area (Å²) in [6, 6.07) is 10.5. The van der Waals surface area contributed by atoms with Crippen LogP contribution in [-0.2, 0) is 9.59 Å². The molecule has 0 aliphatic heterocycles. The summed E-state index contributed by atoms with van der Waals surface area (Å²) in [5.41, 5.74) is 0.907. The summed E-state index contributed by atoms with van der Waals surface area (Å²) < 4.78 is 18.2. The van der Waals surface area contributed by atoms with Gasteiger partial charge in [-0.05, 0) is 42.8 Å². The number of hydrogen-bond acceptors (Lipinski definition) is 3. The van der Waals surface area contributed by atoms with E-state index in [1.807, 2.05) is 0 Å². The van der Waals surface area contributed by atoms with Gasteiger partial charge in [0.15, 0.2) is 0 Å². The molecule has 1 fully saturated rings. The van der Waals surface area contributed by atoms with E-state index in [1.54, 1.807) is 24.3 Å². The van der Waals surface area contributed by atoms with Crippen molar-refractivity contribution in [3.63, 3.8) is 0 Å². The van der Waals surface area contributed by atoms with Crippen molar-refractivity contribution in [2.45, 2.75) is 6.42 Å². The summed E-state index contributed by atoms with van der Waals surface area (Å²) in [6.07, 6.45) is 0.455. The summed E-state index contributed by atoms with van der Waals surface area (Å²) in [5.74, 6) is -1.29. The highest BCUT2D eigenvalue weighted by Crippen LogP contribution is 2.40. The van der Waals surface area contributed by atoms with E-state index in [2.05, 4.69) is 10.6 Å². The van der Waals surface area contributed by atoms with E-state index in [-0.39, 0.29) is 11.8 Å². The van der Waals surface area contributed by atoms with Crippen LogP contribution in [0.15, 0.2) is 42.5 Å². The number of anilines is 2. The van der Waals surface area contributed by atoms with Gasteiger partial charge in [-0.1, -0.05) is 17.7 Å². The first-order chi connectivity index (χ1) is 12.0. The Labute approximate surface area is 149 Å². The molecule has 25 heavy (non-hydrogen) atoms. The van der Waals surface area contributed by atoms with Gasteiger partial charge in [0, 0.05) is 11.4 Å². The standard InChI is InChI=1S/C18H16ClFN2O3/c1-25-16-6-5-12(8-15(16)19)22-18(24)14-9-13(14)17(23)21-11-4-2-3-10(20)7-11/h2-8,13-14H,9H2,1H3,(H,21,23)(H,22,24). The van der Waals surface area contributed by atoms with E-state index in [0.717, 1.165) is 0 Å². The van der Waals surface area contributed by atoms with E-state index < -0.39 is 17.7 Å². The molecule has 0 heterocycles. The molecular formula is C18H16ClFN2O3. The van der Waals surface area contributed by atoms with E-state index in [0.29, 0.717) is 28.6 Å². The van der Waals surface area contributed by atoms with Crippen molar-refractivity contribution < 1.29 is 18.7 Å². The number of carbonyl (C=O) groups is 2. The fourth-order valence-electron chi connectivity index (χ4n) is 2.55. The van der Waals surface area contributed by atoms with Gasteiger partial charge < -0.3 is 15.4 Å². The Morgan fingerprint density at radius 1 is 1.08 bits per heavy atom. The molecule has 0 bridgehead atoms. The first-order valence-corrected chi connectivity index (χ1v) is 8.06. The molecule has 0 spiro atoms. The van der Waals surface area contributed by atoms with Crippen molar-refractivity contribution in [1.82, 2.24) is 0 Å². The van der Waals surface area contributed by atoms with E-state index in [9.17, 15) is 14.0 Å². The molecule has 2 N–H and O–H groups in total. The minimum absolute atomic E-state index is 0.249. The Kier molecular flexibility index (Phi) is 4.90. The first kappa shape index (κ1) is 17.2. The normalized spacial score (nSPS) is 18.4. The Morgan fingerprint density at radius 2 is 1.72 bits per heavy atom. The maximum absolute atomic E-state index is 13.1. The Hall–Kier alpha value is -2.60. The average molecular weight is 363 g/mol. The third-order valence-corrected chi connectivity index (χ3v) is 4.27. The largest absolute Gasteiger partial charge is 0.495 e. The maximum atomic E-state index is 13.1. The van der Waals surface area contributed by atoms with Crippen LogP contribution < -0.4 is 15.4 Å². The number of rotatable bonds is 5. The second kappa shape index (κ2) is 7.11. The number of methoxy groups -OCH3 is 1. The van der Waals surface area contributed by atoms with E-state index in [1.165, 1.54) is 25.3 Å². The highest BCUT2D eigenvalue weighted by molar-refractivity contribution is 6.32. The number of hydrogen-bond donors (Lipinski definition) is 2. The zero-order chi connectivity index (χ0) is 18.0. The quantitative estimate of drug-likeness (QED) is 0.852. The second-order valence-electron chi connectivity index (χ2n) is 5.79. The molecule has 2 amide bonds. The monoisotopic (exact) mass is 362 g/mol. The van der Waals surface area contributed by atoms with Crippen LogP contribution in [0.2, 0.25) is 5.02 Å². The molecule has 2 aromatic rings. The molecule has 0 saturated heterocycles. The summed E-state index contributed by atoms with van der Waals surface area (Å²) in [7, 11) is 1.51. The molecule has 7 heteroatoms. The van der Waals surface area contributed by atoms with Crippen molar-refractivity contribution in [3.05, 3.63) is 53.3 Å². The molecular weight excluding hydrogens is 347 g/mol. The minimum atomic E-state index is -0.431. The second-order valence-corrected chi connectivity index (χ2v) is 6.19. The summed E-state index contributed by atoms with van der Waals surface area (Å²) >= 11 is 6.02. The van der Waals surface area contributed by atoms with Crippen LogP contribution in [0.25, 0.3) is 0 Å². The number of amides is 2. The summed E-state index contributed by atoms with van der Waals surface area (Å²) in [5, 5.41) is 5.74. The molecule has 0 aromatic heterocycles. The van der Waals surface area contributed by atoms with Crippen LogP contribution >= 0.6 is 11.6 Å². The number of ether oxygens (including phenoxy) is 1. The SMILES string of the molecule is COc1ccc(NC(=O)C2CC2C(=O)Nc2cccc(F)c2)cc1Cl. The van der Waals surface area contributed by atoms with Crippen molar-refractivity contribution in [2.24, 2.45) is 11.8 Å². The van der Waals surface area contributed by atoms with Gasteiger partial charge in [-0.3, -0.25) is 9.59 Å². The molecule has 1 saturated carbocycles. The molecule has 2 atom stereocenters. The number of carbonyl (C=O) groups excluding carboxylic acids is 2. The lowest BCUT2D eigenvalue weighted by molar-refractivity contribution is -0.122. The molecule has 3 rings (SSSR count). The van der Waals surface area contributed by atoms with Crippen LogP contribution in [0, 0.1) is 17.7 Å². The number of halogens is 2. The average Bonchev–Trinajstić information content (AvgIpc) is 3.36. The third-order valence-electron chi connectivity index (χ3n) is 3.98. The van der Waals surface area contributed by atoms with Gasteiger partial charge in [0.05, 0.1) is 24.0 Å². The van der Waals surface area contributed by atoms with Crippen LogP contribution in [0.4, 0.5) is 15.8 Å². The summed E-state index contributed by atoms with van der Waals surface area (Å²) in [6.45, 7) is 0. The molecule has 1 aliphatic carbocycles. The van der Waals surface area contributed by atoms with Crippen LogP contribution in [0.1, 0.15) is 6.42 Å².